The molecule has 1 aliphatic carbocycles. The van der Waals surface area contributed by atoms with E-state index in [0.717, 1.165) is 0 Å². The molecule has 0 aromatic rings. The molecule has 0 saturated carbocycles. The lowest BCUT2D eigenvalue weighted by atomic mass is 10.0. The second-order valence-electron chi connectivity index (χ2n) is 3.45. The molecule has 0 aromatic heterocycles. The predicted molar refractivity (Wildman–Crippen MR) is 59.0 cm³/mol. The average Bonchev–Trinajstić information content (AvgIpc) is 2.14. The second-order valence-corrected chi connectivity index (χ2v) is 3.80. The fourth-order valence-electron chi connectivity index (χ4n) is 1.40. The van der Waals surface area contributed by atoms with Crippen molar-refractivity contribution in [1.82, 2.24) is 0 Å². The fourth-order valence-corrected chi connectivity index (χ4v) is 1.52. The van der Waals surface area contributed by atoms with Crippen LogP contribution in [-0.2, 0) is 23.9 Å². The minimum Gasteiger partial charge on any atom is -0.458 e. The van der Waals surface area contributed by atoms with Crippen molar-refractivity contribution in [2.24, 2.45) is 0 Å². The number of halogens is 1. The van der Waals surface area contributed by atoms with Crippen molar-refractivity contribution in [1.29, 1.82) is 0 Å². The van der Waals surface area contributed by atoms with E-state index in [2.05, 4.69) is 0 Å². The summed E-state index contributed by atoms with van der Waals surface area (Å²) in [5, 5.41) is -0.702. The molecule has 1 atom stereocenters. The lowest BCUT2D eigenvalue weighted by Gasteiger charge is -2.19. The fraction of sp³-hybridized carbons (Fsp3) is 0.364. The Labute approximate surface area is 103 Å². The first kappa shape index (κ1) is 13.4. The maximum Gasteiger partial charge on any atom is 0.307 e. The van der Waals surface area contributed by atoms with Crippen LogP contribution in [0.25, 0.3) is 0 Å². The molecular weight excluding hydrogens is 248 g/mol. The van der Waals surface area contributed by atoms with Gasteiger partial charge in [-0.3, -0.25) is 14.4 Å². The molecule has 0 amide bonds. The number of hydrogen-bond acceptors (Lipinski definition) is 5. The third kappa shape index (κ3) is 4.40. The van der Waals surface area contributed by atoms with Gasteiger partial charge in [-0.05, 0) is 23.8 Å². The number of rotatable bonds is 3. The Kier molecular flexibility index (Phi) is 4.45. The third-order valence-corrected chi connectivity index (χ3v) is 2.12. The van der Waals surface area contributed by atoms with Crippen LogP contribution >= 0.6 is 11.6 Å². The number of esters is 2. The summed E-state index contributed by atoms with van der Waals surface area (Å²) in [6, 6.07) is 0. The Morgan fingerprint density at radius 1 is 1.29 bits per heavy atom. The molecule has 0 radical (unpaired) electrons. The first-order chi connectivity index (χ1) is 7.88. The molecule has 0 heterocycles. The summed E-state index contributed by atoms with van der Waals surface area (Å²) in [4.78, 5) is 32.7. The molecule has 0 bridgehead atoms. The topological polar surface area (TPSA) is 69.7 Å². The monoisotopic (exact) mass is 258 g/mol. The summed E-state index contributed by atoms with van der Waals surface area (Å²) in [6.07, 6.45) is 2.33. The van der Waals surface area contributed by atoms with Crippen molar-refractivity contribution in [3.05, 3.63) is 23.5 Å². The van der Waals surface area contributed by atoms with Crippen LogP contribution in [0.2, 0.25) is 0 Å². The number of carbonyl (C=O) groups is 3. The highest BCUT2D eigenvalue weighted by Crippen LogP contribution is 2.22. The van der Waals surface area contributed by atoms with Gasteiger partial charge in [0.2, 0.25) is 0 Å². The summed E-state index contributed by atoms with van der Waals surface area (Å²) in [5.41, 5.74) is 0.139. The molecule has 92 valence electrons. The molecule has 6 heteroatoms. The van der Waals surface area contributed by atoms with Gasteiger partial charge in [0.1, 0.15) is 11.9 Å². The SMILES string of the molecule is CC(=O)OC1=CC(C(=O)Cl)=CC(OC(C)=O)C1. The molecule has 1 aliphatic rings. The largest absolute Gasteiger partial charge is 0.458 e. The van der Waals surface area contributed by atoms with Gasteiger partial charge in [-0.2, -0.15) is 0 Å². The van der Waals surface area contributed by atoms with E-state index in [4.69, 9.17) is 21.1 Å². The van der Waals surface area contributed by atoms with Crippen LogP contribution < -0.4 is 0 Å². The third-order valence-electron chi connectivity index (χ3n) is 1.90. The summed E-state index contributed by atoms with van der Waals surface area (Å²) in [6.45, 7) is 2.49. The summed E-state index contributed by atoms with van der Waals surface area (Å²) < 4.78 is 9.79. The van der Waals surface area contributed by atoms with E-state index in [1.165, 1.54) is 26.0 Å². The molecule has 0 saturated heterocycles. The Bertz CT molecular complexity index is 422. The quantitative estimate of drug-likeness (QED) is 0.566. The van der Waals surface area contributed by atoms with Gasteiger partial charge in [0, 0.05) is 25.8 Å². The maximum atomic E-state index is 11.0. The number of allylic oxidation sites excluding steroid dienone is 2. The van der Waals surface area contributed by atoms with E-state index >= 15 is 0 Å². The number of carbonyl (C=O) groups excluding carboxylic acids is 3. The average molecular weight is 259 g/mol. The maximum absolute atomic E-state index is 11.0. The zero-order valence-corrected chi connectivity index (χ0v) is 10.1. The van der Waals surface area contributed by atoms with Crippen LogP contribution in [0.4, 0.5) is 0 Å². The molecule has 0 aliphatic heterocycles. The van der Waals surface area contributed by atoms with Gasteiger partial charge in [0.15, 0.2) is 0 Å². The van der Waals surface area contributed by atoms with Crippen molar-refractivity contribution < 1.29 is 23.9 Å². The van der Waals surface area contributed by atoms with Gasteiger partial charge in [-0.1, -0.05) is 0 Å². The Morgan fingerprint density at radius 3 is 2.41 bits per heavy atom. The highest BCUT2D eigenvalue weighted by molar-refractivity contribution is 6.68. The normalized spacial score (nSPS) is 18.9. The Hall–Kier alpha value is -1.62. The van der Waals surface area contributed by atoms with Crippen molar-refractivity contribution in [2.75, 3.05) is 0 Å². The van der Waals surface area contributed by atoms with Crippen LogP contribution in [0.1, 0.15) is 20.3 Å². The zero-order chi connectivity index (χ0) is 13.0. The molecule has 1 rings (SSSR count). The molecular formula is C11H11ClO5. The van der Waals surface area contributed by atoms with Gasteiger partial charge >= 0.3 is 11.9 Å². The van der Waals surface area contributed by atoms with Gasteiger partial charge in [-0.15, -0.1) is 0 Å². The van der Waals surface area contributed by atoms with E-state index in [0.29, 0.717) is 0 Å². The van der Waals surface area contributed by atoms with E-state index in [1.807, 2.05) is 0 Å². The van der Waals surface area contributed by atoms with Crippen molar-refractivity contribution in [3.63, 3.8) is 0 Å². The smallest absolute Gasteiger partial charge is 0.307 e. The second kappa shape index (κ2) is 5.63. The predicted octanol–water partition coefficient (Wildman–Crippen LogP) is 1.46. The summed E-state index contributed by atoms with van der Waals surface area (Å²) in [7, 11) is 0. The summed E-state index contributed by atoms with van der Waals surface area (Å²) in [5.74, 6) is -0.756. The minimum atomic E-state index is -0.702. The Balaban J connectivity index is 2.88. The van der Waals surface area contributed by atoms with Crippen LogP contribution in [0.15, 0.2) is 23.5 Å². The van der Waals surface area contributed by atoms with Gasteiger partial charge in [-0.25, -0.2) is 0 Å². The zero-order valence-electron chi connectivity index (χ0n) is 9.36. The summed E-state index contributed by atoms with van der Waals surface area (Å²) >= 11 is 5.33. The molecule has 0 N–H and O–H groups in total. The van der Waals surface area contributed by atoms with Crippen molar-refractivity contribution in [2.45, 2.75) is 26.4 Å². The number of hydrogen-bond donors (Lipinski definition) is 0. The molecule has 0 aromatic carbocycles. The minimum absolute atomic E-state index is 0.139. The van der Waals surface area contributed by atoms with Gasteiger partial charge in [0.05, 0.1) is 0 Å². The standard InChI is InChI=1S/C11H11ClO5/c1-6(13)16-9-3-8(11(12)15)4-10(5-9)17-7(2)14/h3-4,9H,5H2,1-2H3. The Morgan fingerprint density at radius 2 is 1.94 bits per heavy atom. The van der Waals surface area contributed by atoms with E-state index in [-0.39, 0.29) is 17.8 Å². The molecule has 0 fully saturated rings. The highest BCUT2D eigenvalue weighted by Gasteiger charge is 2.22. The number of ether oxygens (including phenoxy) is 2. The van der Waals surface area contributed by atoms with Gasteiger partial charge in [0.25, 0.3) is 5.24 Å². The van der Waals surface area contributed by atoms with E-state index < -0.39 is 23.3 Å². The molecule has 17 heavy (non-hydrogen) atoms. The molecule has 1 unspecified atom stereocenters. The van der Waals surface area contributed by atoms with E-state index in [1.54, 1.807) is 0 Å². The lowest BCUT2D eigenvalue weighted by Crippen LogP contribution is -2.20. The van der Waals surface area contributed by atoms with Gasteiger partial charge < -0.3 is 9.47 Å². The van der Waals surface area contributed by atoms with Crippen molar-refractivity contribution >= 4 is 28.8 Å². The molecule has 0 spiro atoms. The lowest BCUT2D eigenvalue weighted by molar-refractivity contribution is -0.144. The molecule has 5 nitrogen and oxygen atoms in total. The van der Waals surface area contributed by atoms with Crippen LogP contribution in [0.3, 0.4) is 0 Å². The van der Waals surface area contributed by atoms with E-state index in [9.17, 15) is 14.4 Å². The van der Waals surface area contributed by atoms with Crippen LogP contribution in [0.5, 0.6) is 0 Å². The van der Waals surface area contributed by atoms with Crippen LogP contribution in [0, 0.1) is 0 Å². The van der Waals surface area contributed by atoms with Crippen LogP contribution in [-0.4, -0.2) is 23.3 Å². The van der Waals surface area contributed by atoms with Crippen molar-refractivity contribution in [3.8, 4) is 0 Å². The first-order valence-corrected chi connectivity index (χ1v) is 5.24. The first-order valence-electron chi connectivity index (χ1n) is 4.86. The highest BCUT2D eigenvalue weighted by atomic mass is 35.5.